The number of carbonyl (C=O) groups excluding carboxylic acids is 1. The Hall–Kier alpha value is -1.26. The number of anilines is 2. The van der Waals surface area contributed by atoms with Gasteiger partial charge in [-0.3, -0.25) is 4.79 Å². The molecule has 2 rings (SSSR count). The topological polar surface area (TPSA) is 58.4 Å². The highest BCUT2D eigenvalue weighted by atomic mass is 35.5. The zero-order valence-electron chi connectivity index (χ0n) is 12.9. The lowest BCUT2D eigenvalue weighted by atomic mass is 9.76. The highest BCUT2D eigenvalue weighted by molar-refractivity contribution is 6.31. The first kappa shape index (κ1) is 16.1. The van der Waals surface area contributed by atoms with E-state index in [1.165, 1.54) is 0 Å². The first-order valence-corrected chi connectivity index (χ1v) is 7.77. The Balaban J connectivity index is 2.21. The molecule has 1 aliphatic carbocycles. The molecule has 0 bridgehead atoms. The van der Waals surface area contributed by atoms with Gasteiger partial charge < -0.3 is 16.0 Å². The normalized spacial score (nSPS) is 25.5. The van der Waals surface area contributed by atoms with Crippen LogP contribution in [-0.2, 0) is 4.79 Å². The van der Waals surface area contributed by atoms with Crippen molar-refractivity contribution in [3.63, 3.8) is 0 Å². The van der Waals surface area contributed by atoms with Crippen LogP contribution in [0.1, 0.15) is 32.6 Å². The van der Waals surface area contributed by atoms with E-state index in [2.05, 4.69) is 12.2 Å². The molecule has 1 amide bonds. The van der Waals surface area contributed by atoms with Gasteiger partial charge in [0.25, 0.3) is 0 Å². The van der Waals surface area contributed by atoms with Gasteiger partial charge in [-0.05, 0) is 37.0 Å². The van der Waals surface area contributed by atoms with Gasteiger partial charge in [0.15, 0.2) is 0 Å². The van der Waals surface area contributed by atoms with Crippen molar-refractivity contribution >= 4 is 28.9 Å². The number of benzene rings is 1. The lowest BCUT2D eigenvalue weighted by Gasteiger charge is -2.35. The summed E-state index contributed by atoms with van der Waals surface area (Å²) < 4.78 is 0. The number of nitrogens with one attached hydrogen (secondary N) is 1. The molecule has 3 N–H and O–H groups in total. The van der Waals surface area contributed by atoms with E-state index < -0.39 is 5.54 Å². The van der Waals surface area contributed by atoms with Crippen LogP contribution in [0.3, 0.4) is 0 Å². The Morgan fingerprint density at radius 3 is 2.81 bits per heavy atom. The van der Waals surface area contributed by atoms with Gasteiger partial charge in [0.05, 0.1) is 16.9 Å². The third-order valence-corrected chi connectivity index (χ3v) is 4.41. The summed E-state index contributed by atoms with van der Waals surface area (Å²) in [6.07, 6.45) is 3.62. The first-order chi connectivity index (χ1) is 9.82. The molecule has 116 valence electrons. The highest BCUT2D eigenvalue weighted by Crippen LogP contribution is 2.33. The van der Waals surface area contributed by atoms with E-state index in [0.29, 0.717) is 16.6 Å². The van der Waals surface area contributed by atoms with Crippen LogP contribution in [-0.4, -0.2) is 25.5 Å². The van der Waals surface area contributed by atoms with Gasteiger partial charge in [0.1, 0.15) is 0 Å². The molecule has 1 aromatic carbocycles. The number of rotatable bonds is 3. The van der Waals surface area contributed by atoms with Crippen molar-refractivity contribution in [2.24, 2.45) is 11.7 Å². The molecule has 1 fully saturated rings. The number of amides is 1. The maximum absolute atomic E-state index is 12.6. The number of nitrogens with two attached hydrogens (primary N) is 1. The van der Waals surface area contributed by atoms with E-state index >= 15 is 0 Å². The molecule has 2 unspecified atom stereocenters. The second kappa shape index (κ2) is 6.24. The summed E-state index contributed by atoms with van der Waals surface area (Å²) in [5.74, 6) is 0.376. The van der Waals surface area contributed by atoms with Gasteiger partial charge in [-0.1, -0.05) is 31.4 Å². The van der Waals surface area contributed by atoms with Gasteiger partial charge in [0, 0.05) is 19.1 Å². The largest absolute Gasteiger partial charge is 0.376 e. The molecular formula is C16H24ClN3O. The van der Waals surface area contributed by atoms with Crippen LogP contribution in [0.15, 0.2) is 18.2 Å². The number of hydrogen-bond donors (Lipinski definition) is 2. The van der Waals surface area contributed by atoms with Crippen molar-refractivity contribution in [1.29, 1.82) is 0 Å². The third-order valence-electron chi connectivity index (χ3n) is 4.17. The molecule has 21 heavy (non-hydrogen) atoms. The Kier molecular flexibility index (Phi) is 4.79. The lowest BCUT2D eigenvalue weighted by Crippen LogP contribution is -2.53. The lowest BCUT2D eigenvalue weighted by molar-refractivity contribution is -0.122. The van der Waals surface area contributed by atoms with Crippen LogP contribution in [0.25, 0.3) is 0 Å². The minimum atomic E-state index is -0.774. The average Bonchev–Trinajstić information content (AvgIpc) is 2.38. The zero-order chi connectivity index (χ0) is 15.6. The fourth-order valence-corrected chi connectivity index (χ4v) is 3.22. The number of carbonyl (C=O) groups is 1. The van der Waals surface area contributed by atoms with Crippen LogP contribution < -0.4 is 16.0 Å². The standard InChI is InChI=1S/C16H24ClN3O/c1-11-5-4-8-16(18,10-11)15(21)19-13-9-12(17)6-7-14(13)20(2)3/h6-7,9,11H,4-5,8,10,18H2,1-3H3,(H,19,21). The summed E-state index contributed by atoms with van der Waals surface area (Å²) in [6, 6.07) is 5.47. The maximum atomic E-state index is 12.6. The molecule has 0 spiro atoms. The van der Waals surface area contributed by atoms with E-state index in [1.807, 2.05) is 31.1 Å². The summed E-state index contributed by atoms with van der Waals surface area (Å²) >= 11 is 6.05. The Morgan fingerprint density at radius 1 is 1.48 bits per heavy atom. The third kappa shape index (κ3) is 3.69. The van der Waals surface area contributed by atoms with E-state index in [1.54, 1.807) is 6.07 Å². The SMILES string of the molecule is CC1CCCC(N)(C(=O)Nc2cc(Cl)ccc2N(C)C)C1. The smallest absolute Gasteiger partial charge is 0.244 e. The molecule has 4 nitrogen and oxygen atoms in total. The van der Waals surface area contributed by atoms with Gasteiger partial charge in [-0.25, -0.2) is 0 Å². The Labute approximate surface area is 131 Å². The van der Waals surface area contributed by atoms with Crippen LogP contribution in [0.5, 0.6) is 0 Å². The van der Waals surface area contributed by atoms with E-state index in [0.717, 1.165) is 31.4 Å². The van der Waals surface area contributed by atoms with Crippen molar-refractivity contribution in [3.05, 3.63) is 23.2 Å². The maximum Gasteiger partial charge on any atom is 0.244 e. The molecule has 0 radical (unpaired) electrons. The van der Waals surface area contributed by atoms with E-state index in [9.17, 15) is 4.79 Å². The van der Waals surface area contributed by atoms with Crippen LogP contribution in [0, 0.1) is 5.92 Å². The van der Waals surface area contributed by atoms with Gasteiger partial charge in [-0.2, -0.15) is 0 Å². The summed E-state index contributed by atoms with van der Waals surface area (Å²) in [5.41, 5.74) is 7.20. The summed E-state index contributed by atoms with van der Waals surface area (Å²) in [4.78, 5) is 14.6. The predicted octanol–water partition coefficient (Wildman–Crippen LogP) is 3.25. The fraction of sp³-hybridized carbons (Fsp3) is 0.562. The van der Waals surface area contributed by atoms with Crippen molar-refractivity contribution < 1.29 is 4.79 Å². The highest BCUT2D eigenvalue weighted by Gasteiger charge is 2.38. The number of hydrogen-bond acceptors (Lipinski definition) is 3. The average molecular weight is 310 g/mol. The second-order valence-electron chi connectivity index (χ2n) is 6.37. The predicted molar refractivity (Wildman–Crippen MR) is 89.0 cm³/mol. The molecule has 1 aromatic rings. The first-order valence-electron chi connectivity index (χ1n) is 7.39. The summed E-state index contributed by atoms with van der Waals surface area (Å²) in [6.45, 7) is 2.15. The Bertz CT molecular complexity index is 532. The molecule has 5 heteroatoms. The van der Waals surface area contributed by atoms with Gasteiger partial charge in [0.2, 0.25) is 5.91 Å². The zero-order valence-corrected chi connectivity index (χ0v) is 13.7. The van der Waals surface area contributed by atoms with E-state index in [4.69, 9.17) is 17.3 Å². The molecule has 1 saturated carbocycles. The molecule has 1 aliphatic rings. The molecule has 0 aromatic heterocycles. The Morgan fingerprint density at radius 2 is 2.19 bits per heavy atom. The van der Waals surface area contributed by atoms with Crippen molar-refractivity contribution in [2.75, 3.05) is 24.3 Å². The summed E-state index contributed by atoms with van der Waals surface area (Å²) in [7, 11) is 3.86. The van der Waals surface area contributed by atoms with E-state index in [-0.39, 0.29) is 5.91 Å². The molecule has 0 heterocycles. The quantitative estimate of drug-likeness (QED) is 0.901. The monoisotopic (exact) mass is 309 g/mol. The van der Waals surface area contributed by atoms with Crippen LogP contribution >= 0.6 is 11.6 Å². The fourth-order valence-electron chi connectivity index (χ4n) is 3.04. The molecule has 2 atom stereocenters. The minimum Gasteiger partial charge on any atom is -0.376 e. The van der Waals surface area contributed by atoms with Gasteiger partial charge >= 0.3 is 0 Å². The molecular weight excluding hydrogens is 286 g/mol. The van der Waals surface area contributed by atoms with Crippen LogP contribution in [0.4, 0.5) is 11.4 Å². The number of nitrogens with zero attached hydrogens (tertiary/aromatic N) is 1. The number of halogens is 1. The van der Waals surface area contributed by atoms with Crippen LogP contribution in [0.2, 0.25) is 5.02 Å². The minimum absolute atomic E-state index is 0.112. The van der Waals surface area contributed by atoms with Crippen molar-refractivity contribution in [3.8, 4) is 0 Å². The van der Waals surface area contributed by atoms with Crippen molar-refractivity contribution in [1.82, 2.24) is 0 Å². The second-order valence-corrected chi connectivity index (χ2v) is 6.80. The summed E-state index contributed by atoms with van der Waals surface area (Å²) in [5, 5.41) is 3.57. The van der Waals surface area contributed by atoms with Crippen molar-refractivity contribution in [2.45, 2.75) is 38.1 Å². The van der Waals surface area contributed by atoms with Gasteiger partial charge in [-0.15, -0.1) is 0 Å². The molecule has 0 aliphatic heterocycles. The molecule has 0 saturated heterocycles.